The van der Waals surface area contributed by atoms with E-state index in [-0.39, 0.29) is 0 Å². The summed E-state index contributed by atoms with van der Waals surface area (Å²) >= 11 is 1.94. The second-order valence-corrected chi connectivity index (χ2v) is 18.5. The second-order valence-electron chi connectivity index (χ2n) is 17.4. The third kappa shape index (κ3) is 6.21. The summed E-state index contributed by atoms with van der Waals surface area (Å²) < 4.78 is 7.76. The summed E-state index contributed by atoms with van der Waals surface area (Å²) in [4.78, 5) is 3.93. The Balaban J connectivity index is 1.09. The maximum absolute atomic E-state index is 6.41. The predicted molar refractivity (Wildman–Crippen MR) is 265 cm³/mol. The molecule has 2 heterocycles. The molecule has 0 aliphatic heterocycles. The van der Waals surface area contributed by atoms with Crippen molar-refractivity contribution in [1.82, 2.24) is 0 Å². The van der Waals surface area contributed by atoms with E-state index >= 15 is 0 Å². The fraction of sp³-hybridized carbons (Fsp3) is 0.153. The molecule has 2 aromatic heterocycles. The normalized spacial score (nSPS) is 15.5. The molecule has 0 saturated heterocycles. The lowest BCUT2D eigenvalue weighted by molar-refractivity contribution is 0.445. The lowest BCUT2D eigenvalue weighted by atomic mass is 9.80. The number of anilines is 3. The molecule has 1 saturated carbocycles. The van der Waals surface area contributed by atoms with Crippen LogP contribution in [-0.2, 0) is 0 Å². The van der Waals surface area contributed by atoms with Crippen LogP contribution in [0.4, 0.5) is 17.1 Å². The first-order valence-corrected chi connectivity index (χ1v) is 23.2. The monoisotopic (exact) mass is 817 g/mol. The Bertz CT molecular complexity index is 3350. The molecule has 300 valence electrons. The fourth-order valence-electron chi connectivity index (χ4n) is 10.8. The number of hydrogen-bond donors (Lipinski definition) is 0. The van der Waals surface area contributed by atoms with Gasteiger partial charge in [-0.15, -0.1) is 11.3 Å². The van der Waals surface area contributed by atoms with Gasteiger partial charge in [0.1, 0.15) is 11.2 Å². The molecule has 1 atom stereocenters. The molecule has 1 unspecified atom stereocenters. The van der Waals surface area contributed by atoms with E-state index in [1.165, 1.54) is 91.2 Å². The van der Waals surface area contributed by atoms with Crippen molar-refractivity contribution >= 4 is 77.3 Å². The zero-order valence-corrected chi connectivity index (χ0v) is 35.8. The number of thiophene rings is 1. The SMILES string of the molecule is CC1CC=Cc2sc3c(-c4ccccc4N(c4cccc(-c5ccc6c(c5)oc5ccccc56)c4)c4ccccc4-c4cccc5cccc(C6CCCCC6)c45)cccc3c21. The quantitative estimate of drug-likeness (QED) is 0.159. The maximum atomic E-state index is 6.41. The van der Waals surface area contributed by atoms with Crippen LogP contribution < -0.4 is 4.90 Å². The van der Waals surface area contributed by atoms with E-state index in [4.69, 9.17) is 4.42 Å². The number of furan rings is 1. The van der Waals surface area contributed by atoms with Crippen molar-refractivity contribution in [2.45, 2.75) is 57.3 Å². The third-order valence-electron chi connectivity index (χ3n) is 13.7. The molecule has 0 N–H and O–H groups in total. The van der Waals surface area contributed by atoms with Crippen molar-refractivity contribution in [3.63, 3.8) is 0 Å². The van der Waals surface area contributed by atoms with E-state index in [0.717, 1.165) is 56.5 Å². The van der Waals surface area contributed by atoms with Gasteiger partial charge in [-0.1, -0.05) is 160 Å². The highest BCUT2D eigenvalue weighted by Gasteiger charge is 2.26. The number of rotatable bonds is 7. The fourth-order valence-corrected chi connectivity index (χ4v) is 12.2. The summed E-state index contributed by atoms with van der Waals surface area (Å²) in [6, 6.07) is 63.1. The molecule has 3 heteroatoms. The molecule has 1 fully saturated rings. The summed E-state index contributed by atoms with van der Waals surface area (Å²) in [6.07, 6.45) is 12.2. The molecule has 8 aromatic carbocycles. The standard InChI is InChI=1S/C59H47NOS/c1-38-16-11-33-56-57(38)51-29-15-28-50(59(51)62-56)46-24-6-9-31-53(46)60(43-22-12-21-41(36-43)42-34-35-48-47-25-7-10-32-54(47)61-55(48)37-42)52-30-8-5-23-45(52)49-27-14-20-40-19-13-26-44(58(40)49)39-17-3-2-4-18-39/h5-15,19-39H,2-4,16-18H2,1H3. The summed E-state index contributed by atoms with van der Waals surface area (Å²) in [7, 11) is 0. The van der Waals surface area contributed by atoms with E-state index in [1.807, 2.05) is 17.4 Å². The Hall–Kier alpha value is -6.68. The molecule has 62 heavy (non-hydrogen) atoms. The van der Waals surface area contributed by atoms with E-state index < -0.39 is 0 Å². The Labute approximate surface area is 367 Å². The molecule has 2 aliphatic rings. The van der Waals surface area contributed by atoms with E-state index in [9.17, 15) is 0 Å². The van der Waals surface area contributed by atoms with Gasteiger partial charge in [-0.25, -0.2) is 0 Å². The van der Waals surface area contributed by atoms with Crippen LogP contribution in [0, 0.1) is 0 Å². The van der Waals surface area contributed by atoms with Gasteiger partial charge in [0, 0.05) is 42.7 Å². The number of fused-ring (bicyclic) bond motifs is 7. The molecule has 2 aliphatic carbocycles. The minimum atomic E-state index is 0.498. The lowest BCUT2D eigenvalue weighted by Gasteiger charge is -2.31. The second kappa shape index (κ2) is 15.3. The number of nitrogens with zero attached hydrogens (tertiary/aromatic N) is 1. The molecule has 0 radical (unpaired) electrons. The van der Waals surface area contributed by atoms with Crippen molar-refractivity contribution in [2.24, 2.45) is 0 Å². The lowest BCUT2D eigenvalue weighted by Crippen LogP contribution is -2.13. The van der Waals surface area contributed by atoms with Gasteiger partial charge in [-0.05, 0) is 124 Å². The van der Waals surface area contributed by atoms with Crippen molar-refractivity contribution in [3.8, 4) is 33.4 Å². The summed E-state index contributed by atoms with van der Waals surface area (Å²) in [5.41, 5.74) is 15.5. The van der Waals surface area contributed by atoms with Crippen LogP contribution >= 0.6 is 11.3 Å². The van der Waals surface area contributed by atoms with Gasteiger partial charge in [0.05, 0.1) is 11.4 Å². The molecule has 12 rings (SSSR count). The highest BCUT2D eigenvalue weighted by atomic mass is 32.1. The third-order valence-corrected chi connectivity index (χ3v) is 14.9. The molecule has 2 nitrogen and oxygen atoms in total. The van der Waals surface area contributed by atoms with Crippen LogP contribution in [0.15, 0.2) is 180 Å². The largest absolute Gasteiger partial charge is 0.456 e. The van der Waals surface area contributed by atoms with Crippen molar-refractivity contribution in [2.75, 3.05) is 4.90 Å². The summed E-state index contributed by atoms with van der Waals surface area (Å²) in [5.74, 6) is 1.08. The number of benzene rings is 8. The van der Waals surface area contributed by atoms with Gasteiger partial charge in [-0.3, -0.25) is 0 Å². The van der Waals surface area contributed by atoms with Crippen molar-refractivity contribution < 1.29 is 4.42 Å². The van der Waals surface area contributed by atoms with E-state index in [1.54, 1.807) is 0 Å². The molecule has 0 amide bonds. The number of para-hydroxylation sites is 3. The van der Waals surface area contributed by atoms with Crippen molar-refractivity contribution in [1.29, 1.82) is 0 Å². The first kappa shape index (κ1) is 37.1. The molecule has 10 aromatic rings. The smallest absolute Gasteiger partial charge is 0.136 e. The van der Waals surface area contributed by atoms with Crippen LogP contribution in [0.25, 0.3) is 82.3 Å². The van der Waals surface area contributed by atoms with Gasteiger partial charge in [0.15, 0.2) is 0 Å². The summed E-state index contributed by atoms with van der Waals surface area (Å²) in [5, 5.41) is 6.38. The van der Waals surface area contributed by atoms with Crippen LogP contribution in [0.1, 0.15) is 73.3 Å². The molecule has 0 spiro atoms. The van der Waals surface area contributed by atoms with Gasteiger partial charge in [0.2, 0.25) is 0 Å². The van der Waals surface area contributed by atoms with Crippen LogP contribution in [0.5, 0.6) is 0 Å². The van der Waals surface area contributed by atoms with Crippen LogP contribution in [-0.4, -0.2) is 0 Å². The van der Waals surface area contributed by atoms with Gasteiger partial charge < -0.3 is 9.32 Å². The zero-order chi connectivity index (χ0) is 41.1. The topological polar surface area (TPSA) is 16.4 Å². The zero-order valence-electron chi connectivity index (χ0n) is 35.0. The Morgan fingerprint density at radius 2 is 1.21 bits per heavy atom. The van der Waals surface area contributed by atoms with Gasteiger partial charge in [-0.2, -0.15) is 0 Å². The average molecular weight is 818 g/mol. The maximum Gasteiger partial charge on any atom is 0.136 e. The average Bonchev–Trinajstić information content (AvgIpc) is 3.91. The minimum Gasteiger partial charge on any atom is -0.456 e. The van der Waals surface area contributed by atoms with Crippen LogP contribution in [0.3, 0.4) is 0 Å². The molecule has 0 bridgehead atoms. The highest BCUT2D eigenvalue weighted by Crippen LogP contribution is 2.51. The first-order valence-electron chi connectivity index (χ1n) is 22.4. The molecular formula is C59H47NOS. The van der Waals surface area contributed by atoms with E-state index in [0.29, 0.717) is 11.8 Å². The molecular weight excluding hydrogens is 771 g/mol. The van der Waals surface area contributed by atoms with E-state index in [2.05, 4.69) is 188 Å². The van der Waals surface area contributed by atoms with Gasteiger partial charge in [0.25, 0.3) is 0 Å². The minimum absolute atomic E-state index is 0.498. The van der Waals surface area contributed by atoms with Gasteiger partial charge >= 0.3 is 0 Å². The number of allylic oxidation sites excluding steroid dienone is 1. The highest BCUT2D eigenvalue weighted by molar-refractivity contribution is 7.20. The Morgan fingerprint density at radius 3 is 2.06 bits per heavy atom. The number of hydrogen-bond acceptors (Lipinski definition) is 3. The Morgan fingerprint density at radius 1 is 0.548 bits per heavy atom. The first-order chi connectivity index (χ1) is 30.7. The van der Waals surface area contributed by atoms with Crippen LogP contribution in [0.2, 0.25) is 0 Å². The Kier molecular flexibility index (Phi) is 9.19. The summed E-state index contributed by atoms with van der Waals surface area (Å²) in [6.45, 7) is 2.37. The van der Waals surface area contributed by atoms with Crippen molar-refractivity contribution in [3.05, 3.63) is 192 Å². The predicted octanol–water partition coefficient (Wildman–Crippen LogP) is 18.0.